The number of phosphoric acid groups is 1. The maximum absolute atomic E-state index is 13.6. The molecule has 3 atom stereocenters. The van der Waals surface area contributed by atoms with Gasteiger partial charge in [0.25, 0.3) is 7.82 Å². The molecular formula is C73H131N2O7P. The molecule has 0 aromatic heterocycles. The van der Waals surface area contributed by atoms with E-state index in [9.17, 15) is 19.0 Å². The summed E-state index contributed by atoms with van der Waals surface area (Å²) in [5.74, 6) is -0.576. The molecule has 0 aromatic carbocycles. The summed E-state index contributed by atoms with van der Waals surface area (Å²) < 4.78 is 30.4. The van der Waals surface area contributed by atoms with E-state index in [1.165, 1.54) is 167 Å². The molecule has 10 heteroatoms. The molecule has 3 unspecified atom stereocenters. The molecule has 0 spiro atoms. The van der Waals surface area contributed by atoms with Gasteiger partial charge in [-0.2, -0.15) is 0 Å². The molecule has 9 nitrogen and oxygen atoms in total. The summed E-state index contributed by atoms with van der Waals surface area (Å²) in [7, 11) is 1.16. The number of esters is 1. The van der Waals surface area contributed by atoms with E-state index in [1.54, 1.807) is 0 Å². The quantitative estimate of drug-likeness (QED) is 0.0212. The van der Waals surface area contributed by atoms with Crippen LogP contribution < -0.4 is 10.2 Å². The Labute approximate surface area is 513 Å². The number of allylic oxidation sites excluding steroid dienone is 15. The summed E-state index contributed by atoms with van der Waals surface area (Å²) in [6.45, 7) is 6.69. The Morgan fingerprint density at radius 3 is 1.19 bits per heavy atom. The molecular weight excluding hydrogens is 1050 g/mol. The predicted octanol–water partition coefficient (Wildman–Crippen LogP) is 21.3. The molecule has 0 saturated carbocycles. The van der Waals surface area contributed by atoms with Gasteiger partial charge >= 0.3 is 5.97 Å². The molecule has 0 aliphatic heterocycles. The standard InChI is InChI=1S/C73H131N2O7P/c1-7-10-13-16-19-22-25-27-29-31-33-34-35-36-37-38-39-40-42-43-45-47-50-53-56-59-62-65-72(76)74-70(69-81-83(78,79)80-68-67-75(4,5)6)71(64-61-58-55-52-49-24-21-18-15-12-9-3)82-73(77)66-63-60-57-54-51-48-46-44-41-32-30-28-26-23-20-17-14-11-8-2/h11,14,19-20,22-23,27-30,41,44,48,51,61,64,70-71H,7-10,12-13,15-18,21,24-26,31-40,42-43,45-47,49-50,52-60,62-63,65-69H2,1-6H3,(H-,74,76,78,79)/b14-11-,22-19-,23-20-,29-27-,30-28-,44-41-,51-48-,64-61-. The number of hydrogen-bond donors (Lipinski definition) is 1. The lowest BCUT2D eigenvalue weighted by molar-refractivity contribution is -0.870. The van der Waals surface area contributed by atoms with Crippen molar-refractivity contribution in [1.29, 1.82) is 0 Å². The number of phosphoric ester groups is 1. The highest BCUT2D eigenvalue weighted by molar-refractivity contribution is 7.45. The highest BCUT2D eigenvalue weighted by atomic mass is 31.2. The van der Waals surface area contributed by atoms with E-state index in [0.29, 0.717) is 23.9 Å². The molecule has 0 rings (SSSR count). The van der Waals surface area contributed by atoms with Crippen molar-refractivity contribution >= 4 is 19.7 Å². The zero-order valence-electron chi connectivity index (χ0n) is 54.9. The second-order valence-corrected chi connectivity index (χ2v) is 25.7. The number of quaternary nitrogens is 1. The van der Waals surface area contributed by atoms with Crippen LogP contribution in [0.25, 0.3) is 0 Å². The molecule has 0 aliphatic carbocycles. The van der Waals surface area contributed by atoms with Gasteiger partial charge in [-0.25, -0.2) is 0 Å². The SMILES string of the molecule is CC/C=C\C/C=C\C/C=C\C/C=C\C/C=C\CCCCCC(=O)OC(/C=C\CCCCCCCCCCC)C(COP(=O)([O-])OCC[N+](C)(C)C)NC(=O)CCCCCCCCCCCCCCCCCCC/C=C\C/C=C\CCCCC. The van der Waals surface area contributed by atoms with Crippen LogP contribution in [0, 0.1) is 0 Å². The number of amides is 1. The summed E-state index contributed by atoms with van der Waals surface area (Å²) >= 11 is 0. The smallest absolute Gasteiger partial charge is 0.306 e. The van der Waals surface area contributed by atoms with E-state index >= 15 is 0 Å². The first-order chi connectivity index (χ1) is 40.4. The fraction of sp³-hybridized carbons (Fsp3) is 0.753. The molecule has 0 fully saturated rings. The summed E-state index contributed by atoms with van der Waals surface area (Å²) in [5.41, 5.74) is 0. The van der Waals surface area contributed by atoms with Gasteiger partial charge in [-0.3, -0.25) is 14.2 Å². The van der Waals surface area contributed by atoms with E-state index in [0.717, 1.165) is 96.3 Å². The molecule has 0 heterocycles. The Balaban J connectivity index is 5.05. The first-order valence-electron chi connectivity index (χ1n) is 34.5. The normalized spacial score (nSPS) is 14.2. The van der Waals surface area contributed by atoms with E-state index in [2.05, 4.69) is 111 Å². The Hall–Kier alpha value is -3.07. The maximum Gasteiger partial charge on any atom is 0.306 e. The number of nitrogens with zero attached hydrogens (tertiary/aromatic N) is 1. The van der Waals surface area contributed by atoms with Crippen molar-refractivity contribution in [3.8, 4) is 0 Å². The van der Waals surface area contributed by atoms with Crippen LogP contribution in [-0.2, 0) is 27.9 Å². The summed E-state index contributed by atoms with van der Waals surface area (Å²) in [4.78, 5) is 40.1. The Bertz CT molecular complexity index is 1740. The topological polar surface area (TPSA) is 114 Å². The zero-order valence-corrected chi connectivity index (χ0v) is 55.8. The molecule has 480 valence electrons. The van der Waals surface area contributed by atoms with Gasteiger partial charge in [0, 0.05) is 12.8 Å². The van der Waals surface area contributed by atoms with E-state index in [-0.39, 0.29) is 24.9 Å². The second-order valence-electron chi connectivity index (χ2n) is 24.3. The van der Waals surface area contributed by atoms with Gasteiger partial charge in [-0.1, -0.05) is 279 Å². The molecule has 0 aromatic rings. The van der Waals surface area contributed by atoms with Crippen LogP contribution in [0.5, 0.6) is 0 Å². The minimum atomic E-state index is -4.71. The monoisotopic (exact) mass is 1180 g/mol. The first kappa shape index (κ1) is 79.9. The number of hydrogen-bond acceptors (Lipinski definition) is 7. The van der Waals surface area contributed by atoms with Crippen LogP contribution in [-0.4, -0.2) is 69.4 Å². The highest BCUT2D eigenvalue weighted by Gasteiger charge is 2.27. The maximum atomic E-state index is 13.6. The molecule has 0 bridgehead atoms. The molecule has 0 aliphatic rings. The second kappa shape index (κ2) is 62.0. The number of ether oxygens (including phenoxy) is 1. The predicted molar refractivity (Wildman–Crippen MR) is 358 cm³/mol. The average Bonchev–Trinajstić information content (AvgIpc) is 3.51. The van der Waals surface area contributed by atoms with Crippen molar-refractivity contribution in [1.82, 2.24) is 5.32 Å². The number of likely N-dealkylation sites (N-methyl/N-ethyl adjacent to an activating group) is 1. The van der Waals surface area contributed by atoms with Gasteiger partial charge in [-0.05, 0) is 109 Å². The van der Waals surface area contributed by atoms with Crippen molar-refractivity contribution < 1.29 is 37.3 Å². The largest absolute Gasteiger partial charge is 0.756 e. The third-order valence-electron chi connectivity index (χ3n) is 15.0. The van der Waals surface area contributed by atoms with Crippen LogP contribution in [0.1, 0.15) is 303 Å². The number of carbonyl (C=O) groups is 2. The Kier molecular flexibility index (Phi) is 59.7. The van der Waals surface area contributed by atoms with Crippen molar-refractivity contribution in [2.45, 2.75) is 315 Å². The van der Waals surface area contributed by atoms with E-state index < -0.39 is 26.6 Å². The van der Waals surface area contributed by atoms with Crippen LogP contribution in [0.3, 0.4) is 0 Å². The Morgan fingerprint density at radius 1 is 0.434 bits per heavy atom. The highest BCUT2D eigenvalue weighted by Crippen LogP contribution is 2.38. The summed E-state index contributed by atoms with van der Waals surface area (Å²) in [6, 6.07) is -0.907. The van der Waals surface area contributed by atoms with Crippen LogP contribution in [0.15, 0.2) is 97.2 Å². The van der Waals surface area contributed by atoms with Crippen molar-refractivity contribution in [3.05, 3.63) is 97.2 Å². The summed E-state index contributed by atoms with van der Waals surface area (Å²) in [5, 5.41) is 3.03. The van der Waals surface area contributed by atoms with E-state index in [4.69, 9.17) is 13.8 Å². The lowest BCUT2D eigenvalue weighted by Gasteiger charge is -2.30. The third kappa shape index (κ3) is 63.3. The zero-order chi connectivity index (χ0) is 60.7. The van der Waals surface area contributed by atoms with Gasteiger partial charge < -0.3 is 28.5 Å². The van der Waals surface area contributed by atoms with Crippen molar-refractivity contribution in [2.24, 2.45) is 0 Å². The van der Waals surface area contributed by atoms with Gasteiger partial charge in [-0.15, -0.1) is 0 Å². The summed E-state index contributed by atoms with van der Waals surface area (Å²) in [6.07, 6.45) is 83.9. The molecule has 0 radical (unpaired) electrons. The first-order valence-corrected chi connectivity index (χ1v) is 36.0. The number of carbonyl (C=O) groups excluding carboxylic acids is 2. The number of rotatable bonds is 62. The molecule has 1 amide bonds. The van der Waals surface area contributed by atoms with Gasteiger partial charge in [0.1, 0.15) is 19.3 Å². The van der Waals surface area contributed by atoms with Crippen molar-refractivity contribution in [3.63, 3.8) is 0 Å². The number of unbranched alkanes of at least 4 members (excludes halogenated alkanes) is 32. The minimum Gasteiger partial charge on any atom is -0.756 e. The lowest BCUT2D eigenvalue weighted by atomic mass is 10.0. The van der Waals surface area contributed by atoms with E-state index in [1.807, 2.05) is 33.3 Å². The average molecular weight is 1180 g/mol. The van der Waals surface area contributed by atoms with Crippen LogP contribution >= 0.6 is 7.82 Å². The number of nitrogens with one attached hydrogen (secondary N) is 1. The third-order valence-corrected chi connectivity index (χ3v) is 16.0. The fourth-order valence-corrected chi connectivity index (χ4v) is 10.4. The van der Waals surface area contributed by atoms with Gasteiger partial charge in [0.05, 0.1) is 33.8 Å². The lowest BCUT2D eigenvalue weighted by Crippen LogP contribution is -2.47. The molecule has 0 saturated heterocycles. The Morgan fingerprint density at radius 2 is 0.771 bits per heavy atom. The molecule has 1 N–H and O–H groups in total. The van der Waals surface area contributed by atoms with Crippen LogP contribution in [0.2, 0.25) is 0 Å². The van der Waals surface area contributed by atoms with Crippen LogP contribution in [0.4, 0.5) is 0 Å². The van der Waals surface area contributed by atoms with Crippen molar-refractivity contribution in [2.75, 3.05) is 40.9 Å². The van der Waals surface area contributed by atoms with Gasteiger partial charge in [0.2, 0.25) is 5.91 Å². The van der Waals surface area contributed by atoms with Gasteiger partial charge in [0.15, 0.2) is 0 Å². The fourth-order valence-electron chi connectivity index (χ4n) is 9.70. The minimum absolute atomic E-state index is 0.0309. The molecule has 83 heavy (non-hydrogen) atoms.